The summed E-state index contributed by atoms with van der Waals surface area (Å²) in [5.74, 6) is -0.0176. The summed E-state index contributed by atoms with van der Waals surface area (Å²) in [6.07, 6.45) is 0.998. The van der Waals surface area contributed by atoms with Crippen LogP contribution in [0.15, 0.2) is 24.3 Å². The number of benzene rings is 1. The largest absolute Gasteiger partial charge is 0.369 e. The summed E-state index contributed by atoms with van der Waals surface area (Å²) >= 11 is 0. The summed E-state index contributed by atoms with van der Waals surface area (Å²) in [4.78, 5) is 13.6. The van der Waals surface area contributed by atoms with Crippen LogP contribution < -0.4 is 10.6 Å². The van der Waals surface area contributed by atoms with E-state index in [9.17, 15) is 4.79 Å². The second kappa shape index (κ2) is 5.29. The van der Waals surface area contributed by atoms with Crippen LogP contribution in [-0.2, 0) is 16.0 Å². The number of nitrogens with two attached hydrogens (primary N) is 1. The molecule has 1 heterocycles. The summed E-state index contributed by atoms with van der Waals surface area (Å²) < 4.78 is 5.21. The van der Waals surface area contributed by atoms with E-state index in [1.165, 1.54) is 5.56 Å². The maximum Gasteiger partial charge on any atom is 0.253 e. The molecule has 1 fully saturated rings. The van der Waals surface area contributed by atoms with Crippen LogP contribution in [0.3, 0.4) is 0 Å². The molecule has 0 saturated carbocycles. The Balaban J connectivity index is 2.25. The first-order valence-corrected chi connectivity index (χ1v) is 5.95. The first kappa shape index (κ1) is 12.1. The Morgan fingerprint density at radius 1 is 1.41 bits per heavy atom. The van der Waals surface area contributed by atoms with Crippen molar-refractivity contribution in [2.45, 2.75) is 19.4 Å². The molecule has 1 aromatic rings. The van der Waals surface area contributed by atoms with Crippen molar-refractivity contribution in [1.29, 1.82) is 0 Å². The molecule has 0 radical (unpaired) electrons. The van der Waals surface area contributed by atoms with Crippen LogP contribution in [-0.4, -0.2) is 31.7 Å². The Hall–Kier alpha value is -1.39. The van der Waals surface area contributed by atoms with E-state index in [1.54, 1.807) is 4.90 Å². The number of carbonyl (C=O) groups is 1. The van der Waals surface area contributed by atoms with Crippen molar-refractivity contribution in [2.75, 3.05) is 24.7 Å². The van der Waals surface area contributed by atoms with Gasteiger partial charge in [-0.2, -0.15) is 0 Å². The molecule has 1 aliphatic rings. The number of ether oxygens (including phenoxy) is 1. The maximum atomic E-state index is 11.9. The lowest BCUT2D eigenvalue weighted by Gasteiger charge is -2.34. The van der Waals surface area contributed by atoms with E-state index in [4.69, 9.17) is 10.5 Å². The van der Waals surface area contributed by atoms with Crippen LogP contribution in [0.4, 0.5) is 5.69 Å². The summed E-state index contributed by atoms with van der Waals surface area (Å²) in [7, 11) is 0. The number of hydrogen-bond donors (Lipinski definition) is 1. The highest BCUT2D eigenvalue weighted by molar-refractivity contribution is 5.95. The van der Waals surface area contributed by atoms with E-state index < -0.39 is 0 Å². The van der Waals surface area contributed by atoms with Gasteiger partial charge in [-0.05, 0) is 24.1 Å². The fourth-order valence-electron chi connectivity index (χ4n) is 2.05. The van der Waals surface area contributed by atoms with Crippen molar-refractivity contribution in [3.8, 4) is 0 Å². The van der Waals surface area contributed by atoms with Crippen molar-refractivity contribution < 1.29 is 9.53 Å². The number of hydrogen-bond acceptors (Lipinski definition) is 3. The third-order valence-corrected chi connectivity index (χ3v) is 3.06. The van der Waals surface area contributed by atoms with Crippen molar-refractivity contribution in [3.63, 3.8) is 0 Å². The third-order valence-electron chi connectivity index (χ3n) is 3.06. The summed E-state index contributed by atoms with van der Waals surface area (Å²) in [6.45, 7) is 3.18. The standard InChI is InChI=1S/C13H18N2O2/c1-2-10-3-5-11(6-4-10)15-12(7-14)8-17-9-13(15)16/h3-6,12H,2,7-9,14H2,1H3. The highest BCUT2D eigenvalue weighted by atomic mass is 16.5. The third kappa shape index (κ3) is 2.48. The number of aryl methyl sites for hydroxylation is 1. The molecule has 0 aromatic heterocycles. The molecule has 1 atom stereocenters. The van der Waals surface area contributed by atoms with E-state index in [-0.39, 0.29) is 18.6 Å². The van der Waals surface area contributed by atoms with Gasteiger partial charge in [0.1, 0.15) is 6.61 Å². The van der Waals surface area contributed by atoms with Gasteiger partial charge in [-0.1, -0.05) is 19.1 Å². The summed E-state index contributed by atoms with van der Waals surface area (Å²) in [6, 6.07) is 8.00. The van der Waals surface area contributed by atoms with Gasteiger partial charge in [-0.3, -0.25) is 4.79 Å². The van der Waals surface area contributed by atoms with Gasteiger partial charge in [0.25, 0.3) is 5.91 Å². The van der Waals surface area contributed by atoms with E-state index in [0.717, 1.165) is 12.1 Å². The molecule has 1 unspecified atom stereocenters. The second-order valence-electron chi connectivity index (χ2n) is 4.19. The Morgan fingerprint density at radius 3 is 2.71 bits per heavy atom. The number of rotatable bonds is 3. The lowest BCUT2D eigenvalue weighted by Crippen LogP contribution is -2.53. The van der Waals surface area contributed by atoms with Crippen LogP contribution in [0.25, 0.3) is 0 Å². The van der Waals surface area contributed by atoms with Gasteiger partial charge >= 0.3 is 0 Å². The minimum atomic E-state index is -0.0521. The van der Waals surface area contributed by atoms with Gasteiger partial charge in [0.15, 0.2) is 0 Å². The Bertz CT molecular complexity index is 389. The molecule has 0 bridgehead atoms. The minimum absolute atomic E-state index is 0.0176. The molecule has 1 aromatic carbocycles. The van der Waals surface area contributed by atoms with Gasteiger partial charge in [0.2, 0.25) is 0 Å². The molecular formula is C13H18N2O2. The molecule has 4 nitrogen and oxygen atoms in total. The Kier molecular flexibility index (Phi) is 3.76. The zero-order valence-electron chi connectivity index (χ0n) is 10.1. The van der Waals surface area contributed by atoms with Gasteiger partial charge < -0.3 is 15.4 Å². The van der Waals surface area contributed by atoms with Crippen LogP contribution >= 0.6 is 0 Å². The highest BCUT2D eigenvalue weighted by Gasteiger charge is 2.28. The van der Waals surface area contributed by atoms with Crippen molar-refractivity contribution in [2.24, 2.45) is 5.73 Å². The quantitative estimate of drug-likeness (QED) is 0.846. The predicted molar refractivity (Wildman–Crippen MR) is 67.0 cm³/mol. The SMILES string of the molecule is CCc1ccc(N2C(=O)COCC2CN)cc1. The predicted octanol–water partition coefficient (Wildman–Crippen LogP) is 0.939. The van der Waals surface area contributed by atoms with Crippen LogP contribution in [0.1, 0.15) is 12.5 Å². The average Bonchev–Trinajstić information content (AvgIpc) is 2.38. The summed E-state index contributed by atoms with van der Waals surface area (Å²) in [5, 5.41) is 0. The van der Waals surface area contributed by atoms with Gasteiger partial charge in [0.05, 0.1) is 12.6 Å². The van der Waals surface area contributed by atoms with Crippen molar-refractivity contribution in [3.05, 3.63) is 29.8 Å². The first-order valence-electron chi connectivity index (χ1n) is 5.95. The number of carbonyl (C=O) groups excluding carboxylic acids is 1. The normalized spacial score (nSPS) is 20.7. The monoisotopic (exact) mass is 234 g/mol. The highest BCUT2D eigenvalue weighted by Crippen LogP contribution is 2.20. The number of amides is 1. The molecule has 2 rings (SSSR count). The molecule has 0 spiro atoms. The van der Waals surface area contributed by atoms with E-state index in [0.29, 0.717) is 13.2 Å². The fraction of sp³-hybridized carbons (Fsp3) is 0.462. The zero-order chi connectivity index (χ0) is 12.3. The van der Waals surface area contributed by atoms with Gasteiger partial charge in [-0.25, -0.2) is 0 Å². The van der Waals surface area contributed by atoms with E-state index in [1.807, 2.05) is 24.3 Å². The van der Waals surface area contributed by atoms with Crippen LogP contribution in [0.5, 0.6) is 0 Å². The Morgan fingerprint density at radius 2 is 2.12 bits per heavy atom. The fourth-order valence-corrected chi connectivity index (χ4v) is 2.05. The van der Waals surface area contributed by atoms with Crippen LogP contribution in [0, 0.1) is 0 Å². The Labute approximate surface area is 101 Å². The smallest absolute Gasteiger partial charge is 0.253 e. The van der Waals surface area contributed by atoms with Crippen molar-refractivity contribution in [1.82, 2.24) is 0 Å². The maximum absolute atomic E-state index is 11.9. The average molecular weight is 234 g/mol. The number of anilines is 1. The van der Waals surface area contributed by atoms with Gasteiger partial charge in [-0.15, -0.1) is 0 Å². The molecule has 0 aliphatic carbocycles. The molecule has 1 saturated heterocycles. The van der Waals surface area contributed by atoms with Gasteiger partial charge in [0, 0.05) is 12.2 Å². The number of morpholine rings is 1. The molecule has 1 aliphatic heterocycles. The molecule has 2 N–H and O–H groups in total. The molecule has 17 heavy (non-hydrogen) atoms. The molecule has 92 valence electrons. The second-order valence-corrected chi connectivity index (χ2v) is 4.19. The van der Waals surface area contributed by atoms with E-state index in [2.05, 4.69) is 6.92 Å². The topological polar surface area (TPSA) is 55.6 Å². The summed E-state index contributed by atoms with van der Waals surface area (Å²) in [5.41, 5.74) is 7.85. The molecule has 1 amide bonds. The number of nitrogens with zero attached hydrogens (tertiary/aromatic N) is 1. The van der Waals surface area contributed by atoms with E-state index >= 15 is 0 Å². The van der Waals surface area contributed by atoms with Crippen molar-refractivity contribution >= 4 is 11.6 Å². The zero-order valence-corrected chi connectivity index (χ0v) is 10.1. The lowest BCUT2D eigenvalue weighted by molar-refractivity contribution is -0.127. The molecular weight excluding hydrogens is 216 g/mol. The lowest BCUT2D eigenvalue weighted by atomic mass is 10.1. The van der Waals surface area contributed by atoms with Crippen LogP contribution in [0.2, 0.25) is 0 Å². The minimum Gasteiger partial charge on any atom is -0.369 e. The molecule has 4 heteroatoms. The first-order chi connectivity index (χ1) is 8.26.